The van der Waals surface area contributed by atoms with Gasteiger partial charge in [-0.3, -0.25) is 4.57 Å². The van der Waals surface area contributed by atoms with Crippen LogP contribution in [0, 0.1) is 0 Å². The molecule has 0 bridgehead atoms. The van der Waals surface area contributed by atoms with Crippen molar-refractivity contribution < 1.29 is 17.7 Å². The number of rotatable bonds is 2. The molecule has 0 aliphatic rings. The normalized spacial score (nSPS) is 15.4. The molecule has 0 amide bonds. The van der Waals surface area contributed by atoms with Crippen LogP contribution in [0.5, 0.6) is 0 Å². The molecule has 1 nitrogen and oxygen atoms in total. The molecule has 0 aromatic heterocycles. The van der Waals surface area contributed by atoms with Crippen LogP contribution in [0.15, 0.2) is 0 Å². The largest absolute Gasteiger partial charge is 0.280 e. The van der Waals surface area contributed by atoms with E-state index in [2.05, 4.69) is 0 Å². The van der Waals surface area contributed by atoms with Crippen LogP contribution < -0.4 is 0 Å². The molecule has 0 saturated carbocycles. The highest BCUT2D eigenvalue weighted by molar-refractivity contribution is 7.24. The molecule has 0 saturated heterocycles. The van der Waals surface area contributed by atoms with Crippen LogP contribution in [0.2, 0.25) is 0 Å². The summed E-state index contributed by atoms with van der Waals surface area (Å²) in [7, 11) is -1.14. The topological polar surface area (TPSA) is 17.1 Å². The Hall–Kier alpha value is -0.110. The zero-order valence-electron chi connectivity index (χ0n) is 3.14. The van der Waals surface area contributed by atoms with Crippen LogP contribution in [0.3, 0.4) is 0 Å². The number of halogens is 3. The summed E-state index contributed by atoms with van der Waals surface area (Å²) in [6, 6.07) is 0. The van der Waals surface area contributed by atoms with Gasteiger partial charge in [0.25, 0.3) is 6.43 Å². The third-order valence-corrected chi connectivity index (χ3v) is 0.735. The molecular weight excluding hydrogens is 128 g/mol. The smallest absolute Gasteiger partial charge is 0.272 e. The highest BCUT2D eigenvalue weighted by Crippen LogP contribution is 2.15. The van der Waals surface area contributed by atoms with E-state index in [0.29, 0.717) is 0 Å². The van der Waals surface area contributed by atoms with E-state index >= 15 is 0 Å². The molecule has 0 heterocycles. The Morgan fingerprint density at radius 1 is 1.29 bits per heavy atom. The zero-order valence-corrected chi connectivity index (χ0v) is 4.04. The van der Waals surface area contributed by atoms with Gasteiger partial charge in [-0.1, -0.05) is 0 Å². The maximum Gasteiger partial charge on any atom is 0.280 e. The van der Waals surface area contributed by atoms with Crippen molar-refractivity contribution in [3.63, 3.8) is 0 Å². The summed E-state index contributed by atoms with van der Waals surface area (Å²) in [6.07, 6.45) is -3.13. The minimum atomic E-state index is -3.13. The fraction of sp³-hybridized carbons (Fsp3) is 1.00. The summed E-state index contributed by atoms with van der Waals surface area (Å²) in [5.41, 5.74) is 0. The Balaban J connectivity index is 3.33. The fourth-order valence-corrected chi connectivity index (χ4v) is 0.138. The molecule has 1 unspecified atom stereocenters. The average molecular weight is 130 g/mol. The van der Waals surface area contributed by atoms with Gasteiger partial charge in [-0.05, 0) is 0 Å². The Bertz CT molecular complexity index is 66.0. The van der Waals surface area contributed by atoms with Crippen molar-refractivity contribution in [1.29, 1.82) is 0 Å². The maximum atomic E-state index is 11.2. The van der Waals surface area contributed by atoms with Gasteiger partial charge >= 0.3 is 0 Å². The van der Waals surface area contributed by atoms with Crippen LogP contribution in [0.4, 0.5) is 13.2 Å². The van der Waals surface area contributed by atoms with Gasteiger partial charge in [-0.15, -0.1) is 0 Å². The quantitative estimate of drug-likeness (QED) is 0.521. The molecule has 0 aromatic carbocycles. The number of alkyl halides is 3. The van der Waals surface area contributed by atoms with Gasteiger partial charge in [0.2, 0.25) is 5.91 Å². The highest BCUT2D eigenvalue weighted by atomic mass is 31.1. The van der Waals surface area contributed by atoms with Gasteiger partial charge in [0.1, 0.15) is 0 Å². The predicted molar refractivity (Wildman–Crippen MR) is 18.5 cm³/mol. The van der Waals surface area contributed by atoms with E-state index in [9.17, 15) is 17.7 Å². The van der Waals surface area contributed by atoms with Crippen LogP contribution >= 0.6 is 8.46 Å². The van der Waals surface area contributed by atoms with Crippen molar-refractivity contribution >= 4 is 8.46 Å². The summed E-state index contributed by atoms with van der Waals surface area (Å²) >= 11 is 0. The highest BCUT2D eigenvalue weighted by Gasteiger charge is 2.17. The van der Waals surface area contributed by atoms with Crippen LogP contribution in [-0.4, -0.2) is 12.3 Å². The van der Waals surface area contributed by atoms with Gasteiger partial charge in [0, 0.05) is 0 Å². The molecule has 7 heavy (non-hydrogen) atoms. The summed E-state index contributed by atoms with van der Waals surface area (Å²) in [5.74, 6) is -2.51. The Kier molecular flexibility index (Phi) is 2.92. The van der Waals surface area contributed by atoms with Gasteiger partial charge in [-0.2, -0.15) is 0 Å². The maximum absolute atomic E-state index is 11.2. The Morgan fingerprint density at radius 2 is 1.71 bits per heavy atom. The van der Waals surface area contributed by atoms with Crippen molar-refractivity contribution in [2.75, 3.05) is 0 Å². The van der Waals surface area contributed by atoms with Crippen molar-refractivity contribution in [3.05, 3.63) is 0 Å². The average Bonchev–Trinajstić information content (AvgIpc) is 1.65. The lowest BCUT2D eigenvalue weighted by molar-refractivity contribution is 0.0925. The monoisotopic (exact) mass is 130 g/mol. The van der Waals surface area contributed by atoms with Gasteiger partial charge in [-0.25, -0.2) is 13.2 Å². The Morgan fingerprint density at radius 3 is 1.71 bits per heavy atom. The molecule has 5 heteroatoms. The van der Waals surface area contributed by atoms with Crippen LogP contribution in [-0.2, 0) is 4.57 Å². The first kappa shape index (κ1) is 6.89. The van der Waals surface area contributed by atoms with E-state index in [1.165, 1.54) is 0 Å². The standard InChI is InChI=1S/C2H2F3OP/c3-1(4)2(5)7-6/h1-2H. The van der Waals surface area contributed by atoms with E-state index in [1.807, 2.05) is 0 Å². The summed E-state index contributed by atoms with van der Waals surface area (Å²) < 4.78 is 42.1. The molecule has 0 aliphatic heterocycles. The van der Waals surface area contributed by atoms with Crippen molar-refractivity contribution in [2.45, 2.75) is 12.3 Å². The first-order valence-electron chi connectivity index (χ1n) is 1.43. The third kappa shape index (κ3) is 2.57. The van der Waals surface area contributed by atoms with Gasteiger partial charge in [0.05, 0.1) is 0 Å². The molecule has 0 spiro atoms. The molecule has 0 radical (unpaired) electrons. The van der Waals surface area contributed by atoms with E-state index in [0.717, 1.165) is 0 Å². The second kappa shape index (κ2) is 2.97. The molecule has 0 aromatic rings. The summed E-state index contributed by atoms with van der Waals surface area (Å²) in [4.78, 5) is 0. The Labute approximate surface area is 39.7 Å². The number of hydrogen-bond acceptors (Lipinski definition) is 1. The van der Waals surface area contributed by atoms with Gasteiger partial charge < -0.3 is 0 Å². The first-order valence-corrected chi connectivity index (χ1v) is 2.31. The minimum Gasteiger partial charge on any atom is -0.272 e. The van der Waals surface area contributed by atoms with E-state index in [4.69, 9.17) is 0 Å². The van der Waals surface area contributed by atoms with Crippen LogP contribution in [0.25, 0.3) is 0 Å². The lowest BCUT2D eigenvalue weighted by atomic mass is 10.8. The molecule has 1 atom stereocenters. The van der Waals surface area contributed by atoms with Crippen molar-refractivity contribution in [2.24, 2.45) is 0 Å². The zero-order chi connectivity index (χ0) is 5.86. The fourth-order valence-electron chi connectivity index (χ4n) is 0.0460. The number of hydrogen-bond donors (Lipinski definition) is 0. The van der Waals surface area contributed by atoms with Gasteiger partial charge in [0.15, 0.2) is 8.46 Å². The predicted octanol–water partition coefficient (Wildman–Crippen LogP) is 1.84. The summed E-state index contributed by atoms with van der Waals surface area (Å²) in [6.45, 7) is 0. The second-order valence-corrected chi connectivity index (χ2v) is 1.52. The molecular formula is C2H2F3OP. The van der Waals surface area contributed by atoms with E-state index < -0.39 is 20.8 Å². The SMILES string of the molecule is O=PC(F)C(F)F. The third-order valence-electron chi connectivity index (χ3n) is 0.309. The lowest BCUT2D eigenvalue weighted by Crippen LogP contribution is -2.01. The minimum absolute atomic E-state index is 1.14. The molecule has 0 aliphatic carbocycles. The van der Waals surface area contributed by atoms with E-state index in [-0.39, 0.29) is 0 Å². The van der Waals surface area contributed by atoms with E-state index in [1.54, 1.807) is 0 Å². The summed E-state index contributed by atoms with van der Waals surface area (Å²) in [5, 5.41) is 0. The lowest BCUT2D eigenvalue weighted by Gasteiger charge is -1.90. The molecule has 0 fully saturated rings. The molecule has 0 N–H and O–H groups in total. The van der Waals surface area contributed by atoms with Crippen molar-refractivity contribution in [3.8, 4) is 0 Å². The second-order valence-electron chi connectivity index (χ2n) is 0.813. The molecule has 42 valence electrons. The van der Waals surface area contributed by atoms with Crippen LogP contribution in [0.1, 0.15) is 0 Å². The van der Waals surface area contributed by atoms with Crippen molar-refractivity contribution in [1.82, 2.24) is 0 Å². The molecule has 0 rings (SSSR count). The first-order chi connectivity index (χ1) is 3.18.